The van der Waals surface area contributed by atoms with E-state index < -0.39 is 0 Å². The van der Waals surface area contributed by atoms with E-state index in [0.717, 1.165) is 36.4 Å². The maximum atomic E-state index is 11.9. The van der Waals surface area contributed by atoms with Crippen LogP contribution in [-0.4, -0.2) is 31.7 Å². The molecule has 0 radical (unpaired) electrons. The molecule has 2 aliphatic heterocycles. The van der Waals surface area contributed by atoms with Gasteiger partial charge in [-0.2, -0.15) is 0 Å². The summed E-state index contributed by atoms with van der Waals surface area (Å²) < 4.78 is 11.0. The normalized spacial score (nSPS) is 20.1. The maximum absolute atomic E-state index is 11.9. The van der Waals surface area contributed by atoms with Crippen molar-refractivity contribution in [2.45, 2.75) is 25.4 Å². The van der Waals surface area contributed by atoms with Crippen molar-refractivity contribution in [3.63, 3.8) is 0 Å². The number of fused-ring (bicyclic) bond motifs is 1. The van der Waals surface area contributed by atoms with Crippen LogP contribution in [0, 0.1) is 0 Å². The highest BCUT2D eigenvalue weighted by Gasteiger charge is 2.21. The highest BCUT2D eigenvalue weighted by molar-refractivity contribution is 5.85. The number of carbonyl (C=O) groups is 1. The average molecular weight is 299 g/mol. The van der Waals surface area contributed by atoms with Crippen LogP contribution in [0.25, 0.3) is 0 Å². The van der Waals surface area contributed by atoms with Crippen molar-refractivity contribution in [1.82, 2.24) is 10.6 Å². The van der Waals surface area contributed by atoms with E-state index >= 15 is 0 Å². The number of amides is 1. The molecule has 1 amide bonds. The predicted molar refractivity (Wildman–Crippen MR) is 77.6 cm³/mol. The summed E-state index contributed by atoms with van der Waals surface area (Å²) in [6, 6.07) is 5.74. The molecule has 1 aromatic carbocycles. The number of carbonyl (C=O) groups excluding carboxylic acids is 1. The van der Waals surface area contributed by atoms with Gasteiger partial charge in [-0.25, -0.2) is 0 Å². The third-order valence-corrected chi connectivity index (χ3v) is 3.45. The first-order valence-electron chi connectivity index (χ1n) is 6.72. The molecule has 0 aliphatic carbocycles. The van der Waals surface area contributed by atoms with E-state index in [1.165, 1.54) is 0 Å². The molecule has 2 heterocycles. The summed E-state index contributed by atoms with van der Waals surface area (Å²) >= 11 is 0. The Morgan fingerprint density at radius 1 is 1.30 bits per heavy atom. The highest BCUT2D eigenvalue weighted by atomic mass is 35.5. The summed E-state index contributed by atoms with van der Waals surface area (Å²) in [5, 5.41) is 6.14. The summed E-state index contributed by atoms with van der Waals surface area (Å²) in [6.45, 7) is 2.63. The zero-order valence-corrected chi connectivity index (χ0v) is 12.0. The number of halogens is 1. The van der Waals surface area contributed by atoms with E-state index in [4.69, 9.17) is 9.47 Å². The molecule has 2 aliphatic rings. The Hall–Kier alpha value is -1.46. The summed E-state index contributed by atoms with van der Waals surface area (Å²) in [6.07, 6.45) is 2.00. The van der Waals surface area contributed by atoms with Gasteiger partial charge in [0.1, 0.15) is 13.2 Å². The van der Waals surface area contributed by atoms with E-state index in [2.05, 4.69) is 10.6 Å². The maximum Gasteiger partial charge on any atom is 0.237 e. The highest BCUT2D eigenvalue weighted by Crippen LogP contribution is 2.30. The molecular weight excluding hydrogens is 280 g/mol. The van der Waals surface area contributed by atoms with Gasteiger partial charge in [0.25, 0.3) is 0 Å². The van der Waals surface area contributed by atoms with Crippen molar-refractivity contribution in [3.05, 3.63) is 23.8 Å². The molecule has 6 heteroatoms. The Bertz CT molecular complexity index is 475. The molecule has 0 saturated carbocycles. The minimum absolute atomic E-state index is 0. The van der Waals surface area contributed by atoms with Crippen molar-refractivity contribution in [2.75, 3.05) is 19.8 Å². The minimum atomic E-state index is -0.0304. The zero-order chi connectivity index (χ0) is 13.1. The fraction of sp³-hybridized carbons (Fsp3) is 0.500. The molecule has 0 aromatic heterocycles. The van der Waals surface area contributed by atoms with Crippen molar-refractivity contribution in [1.29, 1.82) is 0 Å². The van der Waals surface area contributed by atoms with E-state index in [-0.39, 0.29) is 24.4 Å². The number of hydrogen-bond acceptors (Lipinski definition) is 4. The second kappa shape index (κ2) is 6.81. The molecule has 5 nitrogen and oxygen atoms in total. The molecule has 0 bridgehead atoms. The standard InChI is InChI=1S/C14H18N2O3.ClH/c17-14(11-2-1-5-15-11)16-9-10-3-4-12-13(8-10)19-7-6-18-12;/h3-4,8,11,15H,1-2,5-7,9H2,(H,16,17);1H. The zero-order valence-electron chi connectivity index (χ0n) is 11.2. The summed E-state index contributed by atoms with van der Waals surface area (Å²) in [5.74, 6) is 1.61. The smallest absolute Gasteiger partial charge is 0.237 e. The summed E-state index contributed by atoms with van der Waals surface area (Å²) in [5.41, 5.74) is 1.02. The third-order valence-electron chi connectivity index (χ3n) is 3.45. The van der Waals surface area contributed by atoms with Crippen LogP contribution in [0.2, 0.25) is 0 Å². The lowest BCUT2D eigenvalue weighted by molar-refractivity contribution is -0.122. The van der Waals surface area contributed by atoms with Crippen molar-refractivity contribution in [3.8, 4) is 11.5 Å². The van der Waals surface area contributed by atoms with E-state index in [1.807, 2.05) is 18.2 Å². The molecular formula is C14H19ClN2O3. The molecule has 0 spiro atoms. The summed E-state index contributed by atoms with van der Waals surface area (Å²) in [4.78, 5) is 11.9. The fourth-order valence-corrected chi connectivity index (χ4v) is 2.42. The molecule has 3 rings (SSSR count). The first kappa shape index (κ1) is 14.9. The van der Waals surface area contributed by atoms with Crippen LogP contribution in [0.15, 0.2) is 18.2 Å². The van der Waals surface area contributed by atoms with E-state index in [0.29, 0.717) is 19.8 Å². The van der Waals surface area contributed by atoms with Crippen LogP contribution in [0.1, 0.15) is 18.4 Å². The molecule has 1 atom stereocenters. The Balaban J connectivity index is 0.00000147. The fourth-order valence-electron chi connectivity index (χ4n) is 2.42. The van der Waals surface area contributed by atoms with Crippen molar-refractivity contribution >= 4 is 18.3 Å². The topological polar surface area (TPSA) is 59.6 Å². The van der Waals surface area contributed by atoms with Crippen LogP contribution >= 0.6 is 12.4 Å². The monoisotopic (exact) mass is 298 g/mol. The van der Waals surface area contributed by atoms with Gasteiger partial charge in [-0.15, -0.1) is 12.4 Å². The van der Waals surface area contributed by atoms with E-state index in [9.17, 15) is 4.79 Å². The lowest BCUT2D eigenvalue weighted by atomic mass is 10.1. The quantitative estimate of drug-likeness (QED) is 0.882. The lowest BCUT2D eigenvalue weighted by Gasteiger charge is -2.19. The Kier molecular flexibility index (Phi) is 5.09. The van der Waals surface area contributed by atoms with Gasteiger partial charge in [-0.3, -0.25) is 4.79 Å². The second-order valence-electron chi connectivity index (χ2n) is 4.84. The SMILES string of the molecule is Cl.O=C(NCc1ccc2c(c1)OCCO2)C1CCCN1. The Labute approximate surface area is 124 Å². The van der Waals surface area contributed by atoms with Crippen LogP contribution in [0.4, 0.5) is 0 Å². The van der Waals surface area contributed by atoms with Crippen LogP contribution in [0.3, 0.4) is 0 Å². The molecule has 110 valence electrons. The van der Waals surface area contributed by atoms with Gasteiger partial charge in [0.2, 0.25) is 5.91 Å². The molecule has 1 unspecified atom stereocenters. The molecule has 20 heavy (non-hydrogen) atoms. The Morgan fingerprint density at radius 3 is 2.85 bits per heavy atom. The van der Waals surface area contributed by atoms with Crippen LogP contribution in [0.5, 0.6) is 11.5 Å². The van der Waals surface area contributed by atoms with Gasteiger partial charge in [-0.05, 0) is 37.1 Å². The van der Waals surface area contributed by atoms with Gasteiger partial charge in [-0.1, -0.05) is 6.07 Å². The lowest BCUT2D eigenvalue weighted by Crippen LogP contribution is -2.40. The van der Waals surface area contributed by atoms with Gasteiger partial charge < -0.3 is 20.1 Å². The third kappa shape index (κ3) is 3.35. The predicted octanol–water partition coefficient (Wildman–Crippen LogP) is 1.25. The first-order chi connectivity index (χ1) is 9.33. The first-order valence-corrected chi connectivity index (χ1v) is 6.72. The van der Waals surface area contributed by atoms with Gasteiger partial charge in [0.05, 0.1) is 6.04 Å². The van der Waals surface area contributed by atoms with Gasteiger partial charge >= 0.3 is 0 Å². The van der Waals surface area contributed by atoms with Crippen molar-refractivity contribution in [2.24, 2.45) is 0 Å². The number of nitrogens with one attached hydrogen (secondary N) is 2. The summed E-state index contributed by atoms with van der Waals surface area (Å²) in [7, 11) is 0. The number of benzene rings is 1. The van der Waals surface area contributed by atoms with Crippen LogP contribution in [-0.2, 0) is 11.3 Å². The molecule has 1 saturated heterocycles. The molecule has 2 N–H and O–H groups in total. The Morgan fingerprint density at radius 2 is 2.10 bits per heavy atom. The van der Waals surface area contributed by atoms with Gasteiger partial charge in [0.15, 0.2) is 11.5 Å². The largest absolute Gasteiger partial charge is 0.486 e. The molecule has 1 aromatic rings. The van der Waals surface area contributed by atoms with Crippen molar-refractivity contribution < 1.29 is 14.3 Å². The number of rotatable bonds is 3. The minimum Gasteiger partial charge on any atom is -0.486 e. The van der Waals surface area contributed by atoms with E-state index in [1.54, 1.807) is 0 Å². The van der Waals surface area contributed by atoms with Crippen LogP contribution < -0.4 is 20.1 Å². The number of ether oxygens (including phenoxy) is 2. The molecule has 1 fully saturated rings. The number of hydrogen-bond donors (Lipinski definition) is 2. The second-order valence-corrected chi connectivity index (χ2v) is 4.84. The van der Waals surface area contributed by atoms with Gasteiger partial charge in [0, 0.05) is 6.54 Å². The average Bonchev–Trinajstić information content (AvgIpc) is 2.99.